The molecule has 5 nitrogen and oxygen atoms in total. The maximum Gasteiger partial charge on any atom is 0.230 e. The highest BCUT2D eigenvalue weighted by molar-refractivity contribution is 7.99. The second-order valence-electron chi connectivity index (χ2n) is 7.41. The zero-order chi connectivity index (χ0) is 17.7. The fourth-order valence-corrected chi connectivity index (χ4v) is 3.36. The van der Waals surface area contributed by atoms with Gasteiger partial charge in [-0.1, -0.05) is 26.8 Å². The number of nitrogens with zero attached hydrogens (tertiary/aromatic N) is 2. The molecule has 0 spiro atoms. The lowest BCUT2D eigenvalue weighted by Gasteiger charge is -2.25. The van der Waals surface area contributed by atoms with Gasteiger partial charge in [-0.15, -0.1) is 11.8 Å². The summed E-state index contributed by atoms with van der Waals surface area (Å²) < 4.78 is 2.01. The van der Waals surface area contributed by atoms with Gasteiger partial charge in [0, 0.05) is 18.1 Å². The SMILES string of the molecule is Cc1ccc2nc(CSCC(=O)NC(CO)CC(C)(C)C)cn2c1. The molecule has 24 heavy (non-hydrogen) atoms. The van der Waals surface area contributed by atoms with Crippen molar-refractivity contribution in [3.63, 3.8) is 0 Å². The van der Waals surface area contributed by atoms with E-state index in [-0.39, 0.29) is 24.0 Å². The first-order valence-electron chi connectivity index (χ1n) is 8.19. The fourth-order valence-electron chi connectivity index (χ4n) is 2.64. The van der Waals surface area contributed by atoms with Crippen molar-refractivity contribution in [2.24, 2.45) is 5.41 Å². The number of hydrogen-bond donors (Lipinski definition) is 2. The van der Waals surface area contributed by atoms with Crippen LogP contribution in [0.3, 0.4) is 0 Å². The molecule has 0 fully saturated rings. The summed E-state index contributed by atoms with van der Waals surface area (Å²) in [4.78, 5) is 16.6. The van der Waals surface area contributed by atoms with Gasteiger partial charge in [0.25, 0.3) is 0 Å². The molecule has 2 rings (SSSR count). The zero-order valence-corrected chi connectivity index (χ0v) is 15.7. The number of aryl methyl sites for hydroxylation is 1. The predicted octanol–water partition coefficient (Wildman–Crippen LogP) is 2.79. The number of aromatic nitrogens is 2. The third kappa shape index (κ3) is 5.83. The Morgan fingerprint density at radius 3 is 2.79 bits per heavy atom. The van der Waals surface area contributed by atoms with Crippen LogP contribution in [0, 0.1) is 12.3 Å². The van der Waals surface area contributed by atoms with Gasteiger partial charge in [0.2, 0.25) is 5.91 Å². The molecule has 0 aromatic carbocycles. The molecule has 0 aliphatic rings. The van der Waals surface area contributed by atoms with Gasteiger partial charge in [-0.05, 0) is 30.4 Å². The number of carbonyl (C=O) groups is 1. The molecule has 2 aromatic rings. The Kier molecular flexibility index (Phi) is 6.29. The van der Waals surface area contributed by atoms with Gasteiger partial charge >= 0.3 is 0 Å². The Morgan fingerprint density at radius 2 is 2.12 bits per heavy atom. The van der Waals surface area contributed by atoms with Gasteiger partial charge in [-0.25, -0.2) is 4.98 Å². The number of carbonyl (C=O) groups excluding carboxylic acids is 1. The average Bonchev–Trinajstić information content (AvgIpc) is 2.86. The molecule has 1 unspecified atom stereocenters. The number of pyridine rings is 1. The summed E-state index contributed by atoms with van der Waals surface area (Å²) in [7, 11) is 0. The first-order valence-corrected chi connectivity index (χ1v) is 9.34. The Balaban J connectivity index is 1.80. The first kappa shape index (κ1) is 18.8. The summed E-state index contributed by atoms with van der Waals surface area (Å²) in [5.74, 6) is 1.02. The highest BCUT2D eigenvalue weighted by Crippen LogP contribution is 2.20. The van der Waals surface area contributed by atoms with E-state index in [1.807, 2.05) is 35.9 Å². The lowest BCUT2D eigenvalue weighted by atomic mass is 9.88. The van der Waals surface area contributed by atoms with Crippen LogP contribution in [-0.4, -0.2) is 38.8 Å². The number of fused-ring (bicyclic) bond motifs is 1. The summed E-state index contributed by atoms with van der Waals surface area (Å²) in [6, 6.07) is 3.85. The number of imidazole rings is 1. The van der Waals surface area contributed by atoms with Crippen LogP contribution >= 0.6 is 11.8 Å². The molecule has 0 aliphatic carbocycles. The van der Waals surface area contributed by atoms with Gasteiger partial charge in [-0.2, -0.15) is 0 Å². The largest absolute Gasteiger partial charge is 0.394 e. The molecule has 0 aliphatic heterocycles. The molecule has 0 saturated heterocycles. The van der Waals surface area contributed by atoms with Gasteiger partial charge in [0.1, 0.15) is 5.65 Å². The Hall–Kier alpha value is -1.53. The average molecular weight is 350 g/mol. The highest BCUT2D eigenvalue weighted by atomic mass is 32.2. The van der Waals surface area contributed by atoms with Gasteiger partial charge in [-0.3, -0.25) is 4.79 Å². The zero-order valence-electron chi connectivity index (χ0n) is 14.9. The maximum atomic E-state index is 12.0. The summed E-state index contributed by atoms with van der Waals surface area (Å²) in [5.41, 5.74) is 3.15. The van der Waals surface area contributed by atoms with E-state index in [0.717, 1.165) is 17.8 Å². The maximum absolute atomic E-state index is 12.0. The molecule has 1 amide bonds. The number of thioether (sulfide) groups is 1. The van der Waals surface area contributed by atoms with Gasteiger partial charge in [0.15, 0.2) is 0 Å². The lowest BCUT2D eigenvalue weighted by Crippen LogP contribution is -2.40. The standard InChI is InChI=1S/C18H27N3O2S/c1-13-5-6-16-19-15(9-21(16)8-13)11-24-12-17(23)20-14(10-22)7-18(2,3)4/h5-6,8-9,14,22H,7,10-12H2,1-4H3,(H,20,23). The minimum absolute atomic E-state index is 0.0283. The van der Waals surface area contributed by atoms with Crippen LogP contribution in [0.25, 0.3) is 5.65 Å². The van der Waals surface area contributed by atoms with Crippen LogP contribution < -0.4 is 5.32 Å². The van der Waals surface area contributed by atoms with Crippen LogP contribution in [-0.2, 0) is 10.5 Å². The van der Waals surface area contributed by atoms with E-state index >= 15 is 0 Å². The van der Waals surface area contributed by atoms with E-state index in [2.05, 4.69) is 31.1 Å². The summed E-state index contributed by atoms with van der Waals surface area (Å²) in [6.45, 7) is 8.32. The summed E-state index contributed by atoms with van der Waals surface area (Å²) in [6.07, 6.45) is 4.80. The number of nitrogens with one attached hydrogen (secondary N) is 1. The number of aliphatic hydroxyl groups excluding tert-OH is 1. The van der Waals surface area contributed by atoms with Gasteiger partial charge in [0.05, 0.1) is 24.1 Å². The van der Waals surface area contributed by atoms with Crippen molar-refractivity contribution in [1.82, 2.24) is 14.7 Å². The third-order valence-electron chi connectivity index (χ3n) is 3.58. The van der Waals surface area contributed by atoms with E-state index in [0.29, 0.717) is 11.5 Å². The molecule has 2 N–H and O–H groups in total. The molecule has 2 aromatic heterocycles. The molecule has 6 heteroatoms. The Labute approximate surface area is 147 Å². The number of aliphatic hydroxyl groups is 1. The molecular weight excluding hydrogens is 322 g/mol. The Morgan fingerprint density at radius 1 is 1.38 bits per heavy atom. The van der Waals surface area contributed by atoms with Crippen molar-refractivity contribution in [3.05, 3.63) is 35.8 Å². The van der Waals surface area contributed by atoms with Gasteiger partial charge < -0.3 is 14.8 Å². The van der Waals surface area contributed by atoms with Crippen molar-refractivity contribution in [1.29, 1.82) is 0 Å². The van der Waals surface area contributed by atoms with Crippen LogP contribution in [0.15, 0.2) is 24.5 Å². The Bertz CT molecular complexity index is 691. The van der Waals surface area contributed by atoms with E-state index in [1.54, 1.807) is 0 Å². The van der Waals surface area contributed by atoms with Crippen LogP contribution in [0.4, 0.5) is 0 Å². The second-order valence-corrected chi connectivity index (χ2v) is 8.39. The monoisotopic (exact) mass is 349 g/mol. The molecule has 0 bridgehead atoms. The van der Waals surface area contributed by atoms with Crippen molar-refractivity contribution >= 4 is 23.3 Å². The highest BCUT2D eigenvalue weighted by Gasteiger charge is 2.19. The van der Waals surface area contributed by atoms with E-state index in [1.165, 1.54) is 17.3 Å². The van der Waals surface area contributed by atoms with Crippen LogP contribution in [0.5, 0.6) is 0 Å². The molecule has 0 saturated carbocycles. The molecule has 132 valence electrons. The van der Waals surface area contributed by atoms with E-state index in [9.17, 15) is 9.90 Å². The molecule has 1 atom stereocenters. The number of hydrogen-bond acceptors (Lipinski definition) is 4. The molecule has 2 heterocycles. The predicted molar refractivity (Wildman–Crippen MR) is 99.2 cm³/mol. The number of amides is 1. The normalized spacial score (nSPS) is 13.2. The topological polar surface area (TPSA) is 66.6 Å². The molecule has 0 radical (unpaired) electrons. The molecular formula is C18H27N3O2S. The first-order chi connectivity index (χ1) is 11.3. The smallest absolute Gasteiger partial charge is 0.230 e. The quantitative estimate of drug-likeness (QED) is 0.807. The lowest BCUT2D eigenvalue weighted by molar-refractivity contribution is -0.119. The van der Waals surface area contributed by atoms with Crippen molar-refractivity contribution in [3.8, 4) is 0 Å². The summed E-state index contributed by atoms with van der Waals surface area (Å²) in [5, 5.41) is 12.3. The minimum Gasteiger partial charge on any atom is -0.394 e. The summed E-state index contributed by atoms with van der Waals surface area (Å²) >= 11 is 1.53. The van der Waals surface area contributed by atoms with Crippen LogP contribution in [0.1, 0.15) is 38.4 Å². The van der Waals surface area contributed by atoms with E-state index in [4.69, 9.17) is 0 Å². The van der Waals surface area contributed by atoms with Crippen molar-refractivity contribution in [2.45, 2.75) is 45.9 Å². The van der Waals surface area contributed by atoms with Crippen molar-refractivity contribution < 1.29 is 9.90 Å². The van der Waals surface area contributed by atoms with Crippen molar-refractivity contribution in [2.75, 3.05) is 12.4 Å². The minimum atomic E-state index is -0.184. The van der Waals surface area contributed by atoms with Crippen LogP contribution in [0.2, 0.25) is 0 Å². The fraction of sp³-hybridized carbons (Fsp3) is 0.556. The number of rotatable bonds is 7. The second kappa shape index (κ2) is 8.03. The third-order valence-corrected chi connectivity index (χ3v) is 4.54. The van der Waals surface area contributed by atoms with E-state index < -0.39 is 0 Å².